The van der Waals surface area contributed by atoms with E-state index in [1.807, 2.05) is 37.3 Å². The molecular weight excluding hydrogens is 429 g/mol. The second-order valence-electron chi connectivity index (χ2n) is 8.13. The summed E-state index contributed by atoms with van der Waals surface area (Å²) in [5.74, 6) is -1.63. The van der Waals surface area contributed by atoms with Crippen LogP contribution in [-0.4, -0.2) is 44.9 Å². The molecule has 2 atom stereocenters. The average Bonchev–Trinajstić information content (AvgIpc) is 3.34. The number of hydrogen-bond acceptors (Lipinski definition) is 3. The van der Waals surface area contributed by atoms with E-state index >= 15 is 0 Å². The molecule has 2 aromatic carbocycles. The molecule has 5 nitrogen and oxygen atoms in total. The summed E-state index contributed by atoms with van der Waals surface area (Å²) < 4.78 is 25.7. The number of aliphatic carboxylic acids is 1. The Morgan fingerprint density at radius 1 is 1.19 bits per heavy atom. The number of carbonyl (C=O) groups excluding carboxylic acids is 1. The quantitative estimate of drug-likeness (QED) is 0.730. The van der Waals surface area contributed by atoms with Crippen molar-refractivity contribution in [2.75, 3.05) is 12.8 Å². The van der Waals surface area contributed by atoms with Gasteiger partial charge >= 0.3 is 5.97 Å². The van der Waals surface area contributed by atoms with Gasteiger partial charge in [-0.1, -0.05) is 18.2 Å². The van der Waals surface area contributed by atoms with Crippen LogP contribution in [0.4, 0.5) is 4.39 Å². The van der Waals surface area contributed by atoms with Gasteiger partial charge < -0.3 is 10.0 Å². The van der Waals surface area contributed by atoms with Gasteiger partial charge in [-0.2, -0.15) is 0 Å². The molecule has 0 spiro atoms. The fourth-order valence-electron chi connectivity index (χ4n) is 4.48. The number of carboxylic acids is 1. The molecule has 1 unspecified atom stereocenters. The van der Waals surface area contributed by atoms with Gasteiger partial charge in [-0.05, 0) is 83.5 Å². The minimum absolute atomic E-state index is 0.0250. The molecule has 2 aromatic rings. The SMILES string of the molecule is CC1=C(CC(=O)N2CCC[C@H]2C(=O)O)c2cc(F)ccc2/C1=C\c1ccc(S(C)=O)cc1. The van der Waals surface area contributed by atoms with Gasteiger partial charge in [0.05, 0.1) is 6.42 Å². The third kappa shape index (κ3) is 4.17. The van der Waals surface area contributed by atoms with E-state index in [0.29, 0.717) is 24.9 Å². The van der Waals surface area contributed by atoms with Crippen LogP contribution in [0.5, 0.6) is 0 Å². The fraction of sp³-hybridized carbons (Fsp3) is 0.280. The first-order valence-electron chi connectivity index (χ1n) is 10.4. The highest BCUT2D eigenvalue weighted by molar-refractivity contribution is 7.84. The predicted octanol–water partition coefficient (Wildman–Crippen LogP) is 4.36. The molecule has 1 amide bonds. The number of allylic oxidation sites excluding steroid dienone is 2. The van der Waals surface area contributed by atoms with Gasteiger partial charge in [-0.3, -0.25) is 9.00 Å². The number of fused-ring (bicyclic) bond motifs is 1. The molecule has 32 heavy (non-hydrogen) atoms. The smallest absolute Gasteiger partial charge is 0.326 e. The van der Waals surface area contributed by atoms with E-state index in [2.05, 4.69) is 0 Å². The van der Waals surface area contributed by atoms with E-state index in [9.17, 15) is 23.3 Å². The van der Waals surface area contributed by atoms with Crippen molar-refractivity contribution in [3.05, 3.63) is 70.5 Å². The maximum Gasteiger partial charge on any atom is 0.326 e. The third-order valence-electron chi connectivity index (χ3n) is 6.16. The Balaban J connectivity index is 1.71. The lowest BCUT2D eigenvalue weighted by atomic mass is 10.0. The first kappa shape index (κ1) is 22.1. The fourth-order valence-corrected chi connectivity index (χ4v) is 5.00. The van der Waals surface area contributed by atoms with Crippen LogP contribution in [0.25, 0.3) is 17.2 Å². The number of nitrogens with zero attached hydrogens (tertiary/aromatic N) is 1. The number of hydrogen-bond donors (Lipinski definition) is 1. The van der Waals surface area contributed by atoms with Crippen LogP contribution >= 0.6 is 0 Å². The van der Waals surface area contributed by atoms with Crippen LogP contribution in [0.3, 0.4) is 0 Å². The first-order chi connectivity index (χ1) is 15.3. The van der Waals surface area contributed by atoms with Crippen LogP contribution in [0.2, 0.25) is 0 Å². The maximum absolute atomic E-state index is 14.1. The number of carboxylic acid groups (broad SMARTS) is 1. The van der Waals surface area contributed by atoms with Crippen molar-refractivity contribution in [2.24, 2.45) is 0 Å². The van der Waals surface area contributed by atoms with Gasteiger partial charge in [0.2, 0.25) is 5.91 Å². The lowest BCUT2D eigenvalue weighted by molar-refractivity contribution is -0.147. The molecule has 1 aliphatic carbocycles. The second kappa shape index (κ2) is 8.82. The molecule has 1 saturated heterocycles. The number of likely N-dealkylation sites (tertiary alicyclic amines) is 1. The van der Waals surface area contributed by atoms with Crippen molar-refractivity contribution < 1.29 is 23.3 Å². The van der Waals surface area contributed by atoms with Crippen molar-refractivity contribution in [3.8, 4) is 0 Å². The van der Waals surface area contributed by atoms with E-state index < -0.39 is 22.8 Å². The number of halogens is 1. The molecule has 1 aliphatic heterocycles. The van der Waals surface area contributed by atoms with E-state index in [-0.39, 0.29) is 18.1 Å². The average molecular weight is 454 g/mol. The van der Waals surface area contributed by atoms with Crippen LogP contribution in [0.15, 0.2) is 52.9 Å². The molecule has 0 saturated carbocycles. The summed E-state index contributed by atoms with van der Waals surface area (Å²) in [6, 6.07) is 11.1. The number of carbonyl (C=O) groups is 2. The van der Waals surface area contributed by atoms with Crippen LogP contribution in [-0.2, 0) is 20.4 Å². The van der Waals surface area contributed by atoms with E-state index in [0.717, 1.165) is 32.7 Å². The molecule has 1 fully saturated rings. The zero-order valence-corrected chi connectivity index (χ0v) is 18.7. The molecule has 0 radical (unpaired) electrons. The van der Waals surface area contributed by atoms with Crippen molar-refractivity contribution in [2.45, 2.75) is 37.1 Å². The molecule has 166 valence electrons. The molecule has 1 N–H and O–H groups in total. The molecule has 4 rings (SSSR count). The van der Waals surface area contributed by atoms with Crippen molar-refractivity contribution in [3.63, 3.8) is 0 Å². The second-order valence-corrected chi connectivity index (χ2v) is 9.51. The Hall–Kier alpha value is -3.06. The Kier molecular flexibility index (Phi) is 6.11. The molecule has 0 aromatic heterocycles. The van der Waals surface area contributed by atoms with Crippen molar-refractivity contribution in [1.29, 1.82) is 0 Å². The zero-order chi connectivity index (χ0) is 23.0. The standard InChI is InChI=1S/C25H24FNO4S/c1-15-20(12-16-5-8-18(9-6-16)32(2)31)19-10-7-17(26)13-22(19)21(15)14-24(28)27-11-3-4-23(27)25(29)30/h5-10,12-13,23H,3-4,11,14H2,1-2H3,(H,29,30)/b20-12-/t23-,32?/m0/s1. The van der Waals surface area contributed by atoms with Gasteiger partial charge in [-0.15, -0.1) is 0 Å². The lowest BCUT2D eigenvalue weighted by Crippen LogP contribution is -2.40. The Labute approximate surface area is 188 Å². The summed E-state index contributed by atoms with van der Waals surface area (Å²) in [6.45, 7) is 2.33. The van der Waals surface area contributed by atoms with E-state index in [1.165, 1.54) is 17.0 Å². The number of amides is 1. The highest BCUT2D eigenvalue weighted by Crippen LogP contribution is 2.44. The van der Waals surface area contributed by atoms with Gasteiger partial charge in [0.1, 0.15) is 11.9 Å². The lowest BCUT2D eigenvalue weighted by Gasteiger charge is -2.22. The Bertz CT molecular complexity index is 1180. The highest BCUT2D eigenvalue weighted by atomic mass is 32.2. The third-order valence-corrected chi connectivity index (χ3v) is 7.10. The summed E-state index contributed by atoms with van der Waals surface area (Å²) in [7, 11) is -1.06. The molecular formula is C25H24FNO4S. The maximum atomic E-state index is 14.1. The monoisotopic (exact) mass is 453 g/mol. The van der Waals surface area contributed by atoms with E-state index in [4.69, 9.17) is 0 Å². The van der Waals surface area contributed by atoms with Crippen LogP contribution < -0.4 is 0 Å². The van der Waals surface area contributed by atoms with Gasteiger partial charge in [-0.25, -0.2) is 9.18 Å². The summed E-state index contributed by atoms with van der Waals surface area (Å²) in [5.41, 5.74) is 4.89. The van der Waals surface area contributed by atoms with Gasteiger partial charge in [0.25, 0.3) is 0 Å². The van der Waals surface area contributed by atoms with Crippen molar-refractivity contribution in [1.82, 2.24) is 4.90 Å². The molecule has 1 heterocycles. The predicted molar refractivity (Wildman–Crippen MR) is 123 cm³/mol. The van der Waals surface area contributed by atoms with Crippen LogP contribution in [0, 0.1) is 5.82 Å². The zero-order valence-electron chi connectivity index (χ0n) is 17.9. The first-order valence-corrected chi connectivity index (χ1v) is 12.0. The largest absolute Gasteiger partial charge is 0.480 e. The van der Waals surface area contributed by atoms with Crippen molar-refractivity contribution >= 4 is 39.9 Å². The Morgan fingerprint density at radius 3 is 2.56 bits per heavy atom. The molecule has 2 aliphatic rings. The summed E-state index contributed by atoms with van der Waals surface area (Å²) in [4.78, 5) is 26.7. The molecule has 7 heteroatoms. The minimum Gasteiger partial charge on any atom is -0.480 e. The molecule has 0 bridgehead atoms. The summed E-state index contributed by atoms with van der Waals surface area (Å²) >= 11 is 0. The summed E-state index contributed by atoms with van der Waals surface area (Å²) in [6.07, 6.45) is 4.74. The Morgan fingerprint density at radius 2 is 1.91 bits per heavy atom. The van der Waals surface area contributed by atoms with Gasteiger partial charge in [0, 0.05) is 28.5 Å². The number of rotatable bonds is 5. The highest BCUT2D eigenvalue weighted by Gasteiger charge is 2.35. The normalized spacial score (nSPS) is 20.0. The summed E-state index contributed by atoms with van der Waals surface area (Å²) in [5, 5.41) is 9.42. The van der Waals surface area contributed by atoms with Crippen LogP contribution in [0.1, 0.15) is 42.9 Å². The number of benzene rings is 2. The van der Waals surface area contributed by atoms with Gasteiger partial charge in [0.15, 0.2) is 0 Å². The topological polar surface area (TPSA) is 74.7 Å². The minimum atomic E-state index is -1.06. The van der Waals surface area contributed by atoms with E-state index in [1.54, 1.807) is 12.3 Å².